The van der Waals surface area contributed by atoms with Gasteiger partial charge < -0.3 is 0 Å². The highest BCUT2D eigenvalue weighted by atomic mass is 35.5. The Kier molecular flexibility index (Phi) is 3.12. The maximum absolute atomic E-state index is 6.61. The summed E-state index contributed by atoms with van der Waals surface area (Å²) in [6, 6.07) is 4.81. The third-order valence-corrected chi connectivity index (χ3v) is 2.19. The van der Waals surface area contributed by atoms with Crippen molar-refractivity contribution in [3.63, 3.8) is 0 Å². The van der Waals surface area contributed by atoms with Gasteiger partial charge in [0, 0.05) is 0 Å². The van der Waals surface area contributed by atoms with Crippen LogP contribution in [0.25, 0.3) is 0 Å². The molecule has 0 amide bonds. The number of hydrogen-bond acceptors (Lipinski definition) is 2. The number of rotatable bonds is 1. The fourth-order valence-corrected chi connectivity index (χ4v) is 1.24. The molecule has 5 heteroatoms. The number of benzene rings is 1. The van der Waals surface area contributed by atoms with Gasteiger partial charge in [-0.2, -0.15) is 4.99 Å². The molecule has 12 heavy (non-hydrogen) atoms. The molecule has 0 saturated heterocycles. The van der Waals surface area contributed by atoms with E-state index in [0.29, 0.717) is 20.8 Å². The van der Waals surface area contributed by atoms with Crippen molar-refractivity contribution in [2.24, 2.45) is 4.99 Å². The van der Waals surface area contributed by atoms with Crippen LogP contribution >= 0.6 is 34.8 Å². The van der Waals surface area contributed by atoms with Crippen LogP contribution in [-0.4, -0.2) is 6.01 Å². The molecular weight excluding hydrogens is 218 g/mol. The van der Waals surface area contributed by atoms with Crippen LogP contribution in [0.3, 0.4) is 0 Å². The Hall–Kier alpha value is -0.530. The van der Waals surface area contributed by atoms with Crippen molar-refractivity contribution in [1.29, 1.82) is 5.41 Å². The number of halogens is 3. The molecular formula is C7H3Cl3N2. The van der Waals surface area contributed by atoms with E-state index in [4.69, 9.17) is 40.2 Å². The minimum atomic E-state index is 0.351. The topological polar surface area (TPSA) is 36.2 Å². The summed E-state index contributed by atoms with van der Waals surface area (Å²) in [7, 11) is 0. The van der Waals surface area contributed by atoms with E-state index in [0.717, 1.165) is 0 Å². The summed E-state index contributed by atoms with van der Waals surface area (Å²) in [5, 5.41) is 7.68. The molecule has 0 aromatic heterocycles. The van der Waals surface area contributed by atoms with E-state index in [1.807, 2.05) is 6.01 Å². The Morgan fingerprint density at radius 3 is 2.25 bits per heavy atom. The standard InChI is InChI=1S/C7H3Cl3N2/c8-4-1-6(10)7(12-3-11)2-5(4)9/h1-2,11H. The Morgan fingerprint density at radius 2 is 1.67 bits per heavy atom. The van der Waals surface area contributed by atoms with Crippen LogP contribution in [0.4, 0.5) is 5.69 Å². The first kappa shape index (κ1) is 9.56. The zero-order valence-electron chi connectivity index (χ0n) is 5.74. The van der Waals surface area contributed by atoms with Crippen molar-refractivity contribution in [1.82, 2.24) is 0 Å². The summed E-state index contributed by atoms with van der Waals surface area (Å²) < 4.78 is 0. The van der Waals surface area contributed by atoms with Gasteiger partial charge in [-0.15, -0.1) is 0 Å². The van der Waals surface area contributed by atoms with Crippen molar-refractivity contribution in [3.05, 3.63) is 27.2 Å². The van der Waals surface area contributed by atoms with Gasteiger partial charge in [-0.25, -0.2) is 5.41 Å². The van der Waals surface area contributed by atoms with Gasteiger partial charge in [0.25, 0.3) is 0 Å². The quantitative estimate of drug-likeness (QED) is 0.549. The van der Waals surface area contributed by atoms with Gasteiger partial charge in [-0.3, -0.25) is 0 Å². The third kappa shape index (κ3) is 1.99. The fourth-order valence-electron chi connectivity index (χ4n) is 0.658. The first-order valence-corrected chi connectivity index (χ1v) is 4.05. The predicted octanol–water partition coefficient (Wildman–Crippen LogP) is 4.03. The third-order valence-electron chi connectivity index (χ3n) is 1.17. The number of aliphatic imine (C=N–C) groups is 1. The number of nitrogens with one attached hydrogen (secondary N) is 1. The van der Waals surface area contributed by atoms with Gasteiger partial charge in [0.15, 0.2) is 0 Å². The molecule has 0 aliphatic carbocycles. The highest BCUT2D eigenvalue weighted by molar-refractivity contribution is 6.43. The average Bonchev–Trinajstić information content (AvgIpc) is 2.01. The molecule has 2 nitrogen and oxygen atoms in total. The van der Waals surface area contributed by atoms with E-state index in [-0.39, 0.29) is 0 Å². The normalized spacial score (nSPS) is 9.25. The zero-order chi connectivity index (χ0) is 9.14. The zero-order valence-corrected chi connectivity index (χ0v) is 8.00. The van der Waals surface area contributed by atoms with E-state index in [1.54, 1.807) is 0 Å². The van der Waals surface area contributed by atoms with E-state index in [2.05, 4.69) is 4.99 Å². The Bertz CT molecular complexity index is 356. The van der Waals surface area contributed by atoms with Crippen molar-refractivity contribution < 1.29 is 0 Å². The summed E-state index contributed by atoms with van der Waals surface area (Å²) in [4.78, 5) is 3.55. The lowest BCUT2D eigenvalue weighted by molar-refractivity contribution is 1.48. The van der Waals surface area contributed by atoms with Crippen LogP contribution < -0.4 is 0 Å². The average molecular weight is 221 g/mol. The second-order valence-corrected chi connectivity index (χ2v) is 3.16. The lowest BCUT2D eigenvalue weighted by Crippen LogP contribution is -1.71. The lowest BCUT2D eigenvalue weighted by atomic mass is 10.3. The van der Waals surface area contributed by atoms with E-state index < -0.39 is 0 Å². The Morgan fingerprint density at radius 1 is 1.08 bits per heavy atom. The maximum atomic E-state index is 6.61. The first-order chi connectivity index (χ1) is 5.65. The molecule has 1 rings (SSSR count). The van der Waals surface area contributed by atoms with Crippen molar-refractivity contribution in [2.75, 3.05) is 0 Å². The molecule has 0 saturated carbocycles. The second kappa shape index (κ2) is 3.92. The van der Waals surface area contributed by atoms with Crippen LogP contribution in [0, 0.1) is 5.41 Å². The van der Waals surface area contributed by atoms with Crippen molar-refractivity contribution in [2.45, 2.75) is 0 Å². The van der Waals surface area contributed by atoms with Crippen LogP contribution in [-0.2, 0) is 0 Å². The molecule has 1 aromatic rings. The largest absolute Gasteiger partial charge is 0.241 e. The molecule has 0 heterocycles. The van der Waals surface area contributed by atoms with Crippen molar-refractivity contribution in [3.8, 4) is 0 Å². The molecule has 62 valence electrons. The molecule has 0 aliphatic rings. The van der Waals surface area contributed by atoms with Gasteiger partial charge in [0.1, 0.15) is 0 Å². The second-order valence-electron chi connectivity index (χ2n) is 1.94. The number of hydrogen-bond donors (Lipinski definition) is 1. The maximum Gasteiger partial charge on any atom is 0.0948 e. The van der Waals surface area contributed by atoms with Gasteiger partial charge in [-0.05, 0) is 12.1 Å². The summed E-state index contributed by atoms with van der Waals surface area (Å²) in [6.07, 6.45) is 0. The SMILES string of the molecule is N=C=Nc1cc(Cl)c(Cl)cc1Cl. The van der Waals surface area contributed by atoms with E-state index >= 15 is 0 Å². The van der Waals surface area contributed by atoms with E-state index in [1.165, 1.54) is 12.1 Å². The predicted molar refractivity (Wildman–Crippen MR) is 51.3 cm³/mol. The fraction of sp³-hybridized carbons (Fsp3) is 0. The smallest absolute Gasteiger partial charge is 0.0948 e. The summed E-state index contributed by atoms with van der Waals surface area (Å²) in [6.45, 7) is 0. The molecule has 0 fully saturated rings. The van der Waals surface area contributed by atoms with Crippen LogP contribution in [0.15, 0.2) is 17.1 Å². The summed E-state index contributed by atoms with van der Waals surface area (Å²) >= 11 is 17.1. The summed E-state index contributed by atoms with van der Waals surface area (Å²) in [5.74, 6) is 0. The van der Waals surface area contributed by atoms with Gasteiger partial charge in [-0.1, -0.05) is 34.8 Å². The summed E-state index contributed by atoms with van der Waals surface area (Å²) in [5.41, 5.74) is 0.390. The van der Waals surface area contributed by atoms with Crippen LogP contribution in [0.5, 0.6) is 0 Å². The minimum Gasteiger partial charge on any atom is -0.241 e. The molecule has 0 radical (unpaired) electrons. The highest BCUT2D eigenvalue weighted by Crippen LogP contribution is 2.33. The monoisotopic (exact) mass is 220 g/mol. The van der Waals surface area contributed by atoms with Crippen LogP contribution in [0.2, 0.25) is 15.1 Å². The number of nitrogens with zero attached hydrogens (tertiary/aromatic N) is 1. The Labute approximate surface area is 84.3 Å². The molecule has 1 aromatic carbocycles. The molecule has 0 bridgehead atoms. The van der Waals surface area contributed by atoms with Crippen LogP contribution in [0.1, 0.15) is 0 Å². The van der Waals surface area contributed by atoms with Gasteiger partial charge in [0.05, 0.1) is 26.8 Å². The van der Waals surface area contributed by atoms with Gasteiger partial charge in [0.2, 0.25) is 0 Å². The van der Waals surface area contributed by atoms with Crippen molar-refractivity contribution >= 4 is 46.5 Å². The lowest BCUT2D eigenvalue weighted by Gasteiger charge is -1.98. The molecule has 0 spiro atoms. The highest BCUT2D eigenvalue weighted by Gasteiger charge is 2.03. The van der Waals surface area contributed by atoms with Gasteiger partial charge >= 0.3 is 0 Å². The minimum absolute atomic E-state index is 0.351. The molecule has 1 N–H and O–H groups in total. The molecule has 0 atom stereocenters. The molecule has 0 aliphatic heterocycles. The molecule has 0 unspecified atom stereocenters. The Balaban J connectivity index is 3.32. The first-order valence-electron chi connectivity index (χ1n) is 2.92. The van der Waals surface area contributed by atoms with E-state index in [9.17, 15) is 0 Å².